The zero-order valence-corrected chi connectivity index (χ0v) is 7.84. The average Bonchev–Trinajstić information content (AvgIpc) is 1.76. The summed E-state index contributed by atoms with van der Waals surface area (Å²) >= 11 is 0. The first-order valence-electron chi connectivity index (χ1n) is 2.56. The van der Waals surface area contributed by atoms with E-state index >= 15 is 0 Å². The van der Waals surface area contributed by atoms with Crippen molar-refractivity contribution in [3.63, 3.8) is 0 Å². The highest BCUT2D eigenvalue weighted by Gasteiger charge is 2.91. The van der Waals surface area contributed by atoms with Gasteiger partial charge in [-0.3, -0.25) is 4.55 Å². The quantitative estimate of drug-likeness (QED) is 0.610. The lowest BCUT2D eigenvalue weighted by Gasteiger charge is -2.45. The van der Waals surface area contributed by atoms with Gasteiger partial charge in [0.15, 0.2) is 0 Å². The summed E-state index contributed by atoms with van der Waals surface area (Å²) in [6.07, 6.45) is 0. The van der Waals surface area contributed by atoms with E-state index in [0.717, 1.165) is 0 Å². The number of alkyl halides is 1. The second-order valence-corrected chi connectivity index (χ2v) is 6.56. The van der Waals surface area contributed by atoms with Crippen LogP contribution in [0.4, 0.5) is 23.8 Å². The van der Waals surface area contributed by atoms with E-state index in [4.69, 9.17) is 9.66 Å². The Labute approximate surface area is 78.2 Å². The number of carboxylic acid groups (broad SMARTS) is 1. The van der Waals surface area contributed by atoms with Crippen molar-refractivity contribution >= 4 is 26.3 Å². The molecule has 0 aliphatic rings. The predicted molar refractivity (Wildman–Crippen MR) is 36.2 cm³/mol. The maximum Gasteiger partial charge on any atom is 0.463 e. The third-order valence-electron chi connectivity index (χ3n) is 1.08. The molecule has 2 N–H and O–H groups in total. The van der Waals surface area contributed by atoms with Crippen LogP contribution in [-0.2, 0) is 14.9 Å². The molecule has 0 heterocycles. The summed E-state index contributed by atoms with van der Waals surface area (Å²) in [7, 11) is -18.9. The molecule has 0 aromatic carbocycles. The minimum Gasteiger partial charge on any atom is -0.477 e. The van der Waals surface area contributed by atoms with Gasteiger partial charge >= 0.3 is 30.6 Å². The van der Waals surface area contributed by atoms with Gasteiger partial charge in [0.25, 0.3) is 0 Å². The Bertz CT molecular complexity index is 406. The molecule has 1 atom stereocenters. The zero-order chi connectivity index (χ0) is 13.0. The fourth-order valence-corrected chi connectivity index (χ4v) is 2.62. The van der Waals surface area contributed by atoms with E-state index in [1.165, 1.54) is 0 Å². The SMILES string of the molecule is O=C(O)C(F)(S(=O)(=O)O)S(F)(F)(F)(F)F. The van der Waals surface area contributed by atoms with Crippen LogP contribution in [0.2, 0.25) is 0 Å². The Morgan fingerprint density at radius 2 is 1.40 bits per heavy atom. The van der Waals surface area contributed by atoms with Gasteiger partial charge in [0.1, 0.15) is 0 Å². The topological polar surface area (TPSA) is 91.7 Å². The van der Waals surface area contributed by atoms with Crippen LogP contribution in [0.1, 0.15) is 0 Å². The summed E-state index contributed by atoms with van der Waals surface area (Å²) in [4.78, 5) is 9.64. The van der Waals surface area contributed by atoms with E-state index in [9.17, 15) is 37.0 Å². The highest BCUT2D eigenvalue weighted by Crippen LogP contribution is 3.04. The van der Waals surface area contributed by atoms with Gasteiger partial charge in [-0.2, -0.15) is 12.8 Å². The van der Waals surface area contributed by atoms with Crippen molar-refractivity contribution in [1.29, 1.82) is 0 Å². The third-order valence-corrected chi connectivity index (χ3v) is 4.67. The number of halogens is 6. The monoisotopic (exact) mass is 284 g/mol. The highest BCUT2D eigenvalue weighted by atomic mass is 32.5. The summed E-state index contributed by atoms with van der Waals surface area (Å²) in [5.41, 5.74) is 0. The second-order valence-electron chi connectivity index (χ2n) is 2.29. The van der Waals surface area contributed by atoms with Crippen molar-refractivity contribution in [3.8, 4) is 0 Å². The predicted octanol–water partition coefficient (Wildman–Crippen LogP) is 1.88. The normalized spacial score (nSPS) is 22.3. The minimum atomic E-state index is -11.6. The van der Waals surface area contributed by atoms with E-state index in [1.54, 1.807) is 0 Å². The number of aliphatic carboxylic acids is 1. The lowest BCUT2D eigenvalue weighted by Crippen LogP contribution is -2.50. The summed E-state index contributed by atoms with van der Waals surface area (Å²) in [6.45, 7) is 0. The van der Waals surface area contributed by atoms with Gasteiger partial charge in [-0.05, 0) is 0 Å². The Kier molecular flexibility index (Phi) is 2.24. The molecule has 0 aromatic rings. The Morgan fingerprint density at radius 1 is 1.13 bits per heavy atom. The molecule has 0 radical (unpaired) electrons. The van der Waals surface area contributed by atoms with Crippen molar-refractivity contribution in [2.75, 3.05) is 0 Å². The van der Waals surface area contributed by atoms with Crippen molar-refractivity contribution in [3.05, 3.63) is 0 Å². The van der Waals surface area contributed by atoms with Crippen LogP contribution in [-0.4, -0.2) is 28.4 Å². The summed E-state index contributed by atoms with van der Waals surface area (Å²) in [5, 5.41) is 7.55. The molecule has 94 valence electrons. The molecule has 5 nitrogen and oxygen atoms in total. The van der Waals surface area contributed by atoms with Gasteiger partial charge in [0.05, 0.1) is 0 Å². The molecule has 0 amide bonds. The molecule has 0 rings (SSSR count). The highest BCUT2D eigenvalue weighted by molar-refractivity contribution is 8.51. The Balaban J connectivity index is 6.42. The van der Waals surface area contributed by atoms with Crippen LogP contribution in [0, 0.1) is 0 Å². The van der Waals surface area contributed by atoms with Crippen molar-refractivity contribution in [2.24, 2.45) is 0 Å². The van der Waals surface area contributed by atoms with E-state index in [-0.39, 0.29) is 0 Å². The molecular weight excluding hydrogens is 282 g/mol. The van der Waals surface area contributed by atoms with Gasteiger partial charge in [-0.25, -0.2) is 4.79 Å². The maximum atomic E-state index is 12.4. The Hall–Kier alpha value is -0.690. The van der Waals surface area contributed by atoms with E-state index in [1.807, 2.05) is 0 Å². The van der Waals surface area contributed by atoms with Crippen LogP contribution < -0.4 is 0 Å². The number of hydrogen-bond donors (Lipinski definition) is 2. The van der Waals surface area contributed by atoms with E-state index in [0.29, 0.717) is 0 Å². The molecule has 0 bridgehead atoms. The third kappa shape index (κ3) is 1.98. The number of hydrogen-bond acceptors (Lipinski definition) is 3. The molecule has 0 saturated carbocycles. The van der Waals surface area contributed by atoms with E-state index in [2.05, 4.69) is 0 Å². The molecule has 1 unspecified atom stereocenters. The lowest BCUT2D eigenvalue weighted by atomic mass is 10.8. The first-order chi connectivity index (χ1) is 5.94. The summed E-state index contributed by atoms with van der Waals surface area (Å²) < 4.78 is 91.2. The van der Waals surface area contributed by atoms with Gasteiger partial charge in [0, 0.05) is 0 Å². The van der Waals surface area contributed by atoms with Crippen molar-refractivity contribution in [1.82, 2.24) is 0 Å². The van der Waals surface area contributed by atoms with Gasteiger partial charge in [-0.1, -0.05) is 19.4 Å². The standard InChI is InChI=1S/C2H2F6O5S2/c3-2(1(9)10,14(11,12)13)15(4,5,6,7)8/h(H,9,10)(H,11,12,13). The Morgan fingerprint density at radius 3 is 1.40 bits per heavy atom. The van der Waals surface area contributed by atoms with Gasteiger partial charge in [-0.15, -0.1) is 0 Å². The van der Waals surface area contributed by atoms with Gasteiger partial charge < -0.3 is 5.11 Å². The van der Waals surface area contributed by atoms with Crippen LogP contribution in [0.15, 0.2) is 0 Å². The molecule has 0 fully saturated rings. The first kappa shape index (κ1) is 14.3. The molecule has 0 saturated heterocycles. The summed E-state index contributed by atoms with van der Waals surface area (Å²) in [6, 6.07) is 0. The minimum absolute atomic E-state index is 4.07. The number of rotatable bonds is 3. The van der Waals surface area contributed by atoms with Gasteiger partial charge in [0.2, 0.25) is 0 Å². The number of carboxylic acids is 1. The fraction of sp³-hybridized carbons (Fsp3) is 0.500. The molecule has 15 heavy (non-hydrogen) atoms. The molecule has 13 heteroatoms. The maximum absolute atomic E-state index is 12.4. The molecule has 0 aliphatic carbocycles. The summed E-state index contributed by atoms with van der Waals surface area (Å²) in [5.74, 6) is -4.07. The lowest BCUT2D eigenvalue weighted by molar-refractivity contribution is -0.142. The molecule has 0 spiro atoms. The zero-order valence-electron chi connectivity index (χ0n) is 6.20. The molecule has 0 aromatic heterocycles. The number of carbonyl (C=O) groups is 1. The van der Waals surface area contributed by atoms with Crippen LogP contribution in [0.25, 0.3) is 0 Å². The largest absolute Gasteiger partial charge is 0.477 e. The second kappa shape index (κ2) is 2.35. The van der Waals surface area contributed by atoms with Crippen molar-refractivity contribution in [2.45, 2.75) is 4.33 Å². The van der Waals surface area contributed by atoms with Crippen LogP contribution in [0.3, 0.4) is 0 Å². The van der Waals surface area contributed by atoms with Crippen molar-refractivity contribution < 1.29 is 46.7 Å². The fourth-order valence-electron chi connectivity index (χ4n) is 0.474. The average molecular weight is 284 g/mol. The van der Waals surface area contributed by atoms with Crippen LogP contribution >= 0.6 is 10.2 Å². The smallest absolute Gasteiger partial charge is 0.463 e. The van der Waals surface area contributed by atoms with E-state index < -0.39 is 30.6 Å². The van der Waals surface area contributed by atoms with Crippen LogP contribution in [0.5, 0.6) is 0 Å². The first-order valence-corrected chi connectivity index (χ1v) is 5.95. The molecule has 0 aliphatic heterocycles. The molecular formula is C2H2F6O5S2.